The minimum atomic E-state index is -1.14. The first-order valence-electron chi connectivity index (χ1n) is 12.1. The van der Waals surface area contributed by atoms with Gasteiger partial charge in [0.2, 0.25) is 0 Å². The summed E-state index contributed by atoms with van der Waals surface area (Å²) < 4.78 is 10.3. The molecule has 1 fully saturated rings. The summed E-state index contributed by atoms with van der Waals surface area (Å²) in [7, 11) is 0. The topological polar surface area (TPSA) is 155 Å². The van der Waals surface area contributed by atoms with Crippen molar-refractivity contribution in [2.45, 2.75) is 64.3 Å². The highest BCUT2D eigenvalue weighted by Gasteiger charge is 2.32. The molecular weight excluding hydrogens is 476 g/mol. The molecule has 2 aromatic rings. The Bertz CT molecular complexity index is 1040. The average Bonchev–Trinajstić information content (AvgIpc) is 2.86. The molecule has 37 heavy (non-hydrogen) atoms. The van der Waals surface area contributed by atoms with E-state index in [2.05, 4.69) is 5.32 Å². The number of alkyl carbamates (subject to hydrolysis) is 1. The number of amides is 2. The molecule has 0 aromatic heterocycles. The Morgan fingerprint density at radius 2 is 1.68 bits per heavy atom. The smallest absolute Gasteiger partial charge is 0.410 e. The number of carbonyl (C=O) groups excluding carboxylic acids is 2. The number of amidine groups is 1. The number of carbonyl (C=O) groups is 3. The van der Waals surface area contributed by atoms with Crippen molar-refractivity contribution >= 4 is 24.0 Å². The lowest BCUT2D eigenvalue weighted by molar-refractivity contribution is -0.139. The van der Waals surface area contributed by atoms with Gasteiger partial charge < -0.3 is 25.6 Å². The molecule has 0 radical (unpaired) electrons. The minimum Gasteiger partial charge on any atom is -0.479 e. The molecule has 2 amide bonds. The Balaban J connectivity index is 0.000000271. The van der Waals surface area contributed by atoms with E-state index in [0.29, 0.717) is 12.1 Å². The van der Waals surface area contributed by atoms with Crippen molar-refractivity contribution in [3.05, 3.63) is 71.8 Å². The number of piperidine rings is 1. The zero-order valence-electron chi connectivity index (χ0n) is 21.5. The number of nitrogens with two attached hydrogens (primary N) is 1. The summed E-state index contributed by atoms with van der Waals surface area (Å²) in [5.41, 5.74) is 6.31. The monoisotopic (exact) mass is 512 g/mol. The number of likely N-dealkylation sites (tertiary alicyclic amines) is 1. The number of hydrogen-bond donors (Lipinski definition) is 4. The van der Waals surface area contributed by atoms with Crippen LogP contribution in [0.2, 0.25) is 0 Å². The maximum absolute atomic E-state index is 11.9. The van der Waals surface area contributed by atoms with Gasteiger partial charge in [-0.15, -0.1) is 0 Å². The molecule has 10 nitrogen and oxygen atoms in total. The molecule has 1 saturated heterocycles. The number of nitrogens with zero attached hydrogens (tertiary/aromatic N) is 1. The Morgan fingerprint density at radius 3 is 2.22 bits per heavy atom. The second-order valence-corrected chi connectivity index (χ2v) is 9.53. The van der Waals surface area contributed by atoms with Gasteiger partial charge >= 0.3 is 18.2 Å². The van der Waals surface area contributed by atoms with Gasteiger partial charge in [-0.25, -0.2) is 14.4 Å². The third-order valence-corrected chi connectivity index (χ3v) is 5.34. The van der Waals surface area contributed by atoms with Crippen LogP contribution in [-0.2, 0) is 20.9 Å². The number of rotatable bonds is 6. The van der Waals surface area contributed by atoms with Crippen LogP contribution in [0.1, 0.15) is 57.2 Å². The summed E-state index contributed by atoms with van der Waals surface area (Å²) in [5.74, 6) is -1.09. The fraction of sp³-hybridized carbons (Fsp3) is 0.407. The molecule has 1 aliphatic rings. The predicted molar refractivity (Wildman–Crippen MR) is 139 cm³/mol. The van der Waals surface area contributed by atoms with Crippen LogP contribution >= 0.6 is 0 Å². The largest absolute Gasteiger partial charge is 0.479 e. The van der Waals surface area contributed by atoms with E-state index in [4.69, 9.17) is 20.6 Å². The number of carboxylic acid groups (broad SMARTS) is 1. The van der Waals surface area contributed by atoms with Crippen molar-refractivity contribution in [2.75, 3.05) is 6.54 Å². The number of hydrogen-bond acceptors (Lipinski definition) is 6. The van der Waals surface area contributed by atoms with Crippen molar-refractivity contribution in [1.82, 2.24) is 10.2 Å². The van der Waals surface area contributed by atoms with Gasteiger partial charge in [0.1, 0.15) is 18.0 Å². The first kappa shape index (κ1) is 29.2. The lowest BCUT2D eigenvalue weighted by Crippen LogP contribution is -2.51. The molecule has 3 rings (SSSR count). The first-order valence-corrected chi connectivity index (χ1v) is 12.1. The van der Waals surface area contributed by atoms with Crippen molar-refractivity contribution in [3.8, 4) is 0 Å². The van der Waals surface area contributed by atoms with Crippen molar-refractivity contribution in [2.24, 2.45) is 5.73 Å². The SMILES string of the molecule is CC(C)(C)OC(=O)N1CCCCC1C(=N)N.O=C(NC(C(=O)O)c1ccccc1)OCc1ccccc1. The van der Waals surface area contributed by atoms with Gasteiger partial charge in [-0.3, -0.25) is 10.3 Å². The normalized spacial score (nSPS) is 15.9. The second kappa shape index (κ2) is 13.9. The molecular formula is C27H36N4O6. The van der Waals surface area contributed by atoms with E-state index in [1.807, 2.05) is 51.1 Å². The Morgan fingerprint density at radius 1 is 1.08 bits per heavy atom. The fourth-order valence-electron chi connectivity index (χ4n) is 3.61. The third-order valence-electron chi connectivity index (χ3n) is 5.34. The van der Waals surface area contributed by atoms with E-state index in [1.54, 1.807) is 35.2 Å². The lowest BCUT2D eigenvalue weighted by Gasteiger charge is -2.35. The van der Waals surface area contributed by atoms with Crippen LogP contribution in [-0.4, -0.2) is 52.2 Å². The van der Waals surface area contributed by atoms with Crippen LogP contribution in [0, 0.1) is 5.41 Å². The molecule has 200 valence electrons. The Kier molecular flexibility index (Phi) is 10.9. The second-order valence-electron chi connectivity index (χ2n) is 9.53. The van der Waals surface area contributed by atoms with E-state index < -0.39 is 23.7 Å². The van der Waals surface area contributed by atoms with Crippen LogP contribution in [0.5, 0.6) is 0 Å². The third kappa shape index (κ3) is 10.2. The van der Waals surface area contributed by atoms with E-state index >= 15 is 0 Å². The number of benzene rings is 2. The summed E-state index contributed by atoms with van der Waals surface area (Å²) in [4.78, 5) is 36.4. The maximum Gasteiger partial charge on any atom is 0.410 e. The molecule has 2 unspecified atom stereocenters. The lowest BCUT2D eigenvalue weighted by atomic mass is 10.0. The quantitative estimate of drug-likeness (QED) is 0.329. The van der Waals surface area contributed by atoms with Gasteiger partial charge in [0, 0.05) is 6.54 Å². The highest BCUT2D eigenvalue weighted by molar-refractivity contribution is 5.86. The molecule has 0 bridgehead atoms. The van der Waals surface area contributed by atoms with Gasteiger partial charge in [-0.1, -0.05) is 60.7 Å². The van der Waals surface area contributed by atoms with Crippen LogP contribution in [0.15, 0.2) is 60.7 Å². The van der Waals surface area contributed by atoms with E-state index in [1.165, 1.54) is 0 Å². The summed E-state index contributed by atoms with van der Waals surface area (Å²) in [6.45, 7) is 6.21. The zero-order chi connectivity index (χ0) is 27.4. The van der Waals surface area contributed by atoms with E-state index in [-0.39, 0.29) is 24.6 Å². The van der Waals surface area contributed by atoms with Crippen LogP contribution in [0.25, 0.3) is 0 Å². The van der Waals surface area contributed by atoms with Crippen molar-refractivity contribution in [3.63, 3.8) is 0 Å². The van der Waals surface area contributed by atoms with E-state index in [9.17, 15) is 19.5 Å². The molecule has 2 atom stereocenters. The Labute approximate surface area is 217 Å². The molecule has 1 aliphatic heterocycles. The van der Waals surface area contributed by atoms with Gasteiger partial charge in [0.25, 0.3) is 0 Å². The number of aliphatic carboxylic acids is 1. The molecule has 5 N–H and O–H groups in total. The summed E-state index contributed by atoms with van der Waals surface area (Å²) in [5, 5.41) is 19.0. The number of nitrogens with one attached hydrogen (secondary N) is 2. The zero-order valence-corrected chi connectivity index (χ0v) is 21.5. The average molecular weight is 513 g/mol. The number of carboxylic acids is 1. The van der Waals surface area contributed by atoms with Gasteiger partial charge in [0.15, 0.2) is 6.04 Å². The predicted octanol–water partition coefficient (Wildman–Crippen LogP) is 4.45. The summed E-state index contributed by atoms with van der Waals surface area (Å²) in [6.07, 6.45) is 1.57. The number of ether oxygens (including phenoxy) is 2. The highest BCUT2D eigenvalue weighted by atomic mass is 16.6. The molecule has 0 saturated carbocycles. The summed E-state index contributed by atoms with van der Waals surface area (Å²) in [6, 6.07) is 16.2. The molecule has 1 heterocycles. The molecule has 0 spiro atoms. The van der Waals surface area contributed by atoms with Crippen molar-refractivity contribution < 1.29 is 29.0 Å². The van der Waals surface area contributed by atoms with Gasteiger partial charge in [-0.05, 0) is 51.2 Å². The van der Waals surface area contributed by atoms with Crippen molar-refractivity contribution in [1.29, 1.82) is 5.41 Å². The summed E-state index contributed by atoms with van der Waals surface area (Å²) >= 11 is 0. The van der Waals surface area contributed by atoms with Crippen LogP contribution in [0.3, 0.4) is 0 Å². The first-order chi connectivity index (χ1) is 17.5. The highest BCUT2D eigenvalue weighted by Crippen LogP contribution is 2.20. The Hall–Kier alpha value is -4.08. The van der Waals surface area contributed by atoms with Gasteiger partial charge in [-0.2, -0.15) is 0 Å². The van der Waals surface area contributed by atoms with Gasteiger partial charge in [0.05, 0.1) is 6.04 Å². The fourth-order valence-corrected chi connectivity index (χ4v) is 3.61. The van der Waals surface area contributed by atoms with Crippen LogP contribution < -0.4 is 11.1 Å². The standard InChI is InChI=1S/C16H15NO4.C11H21N3O2/c18-15(19)14(13-9-5-2-6-10-13)17-16(20)21-11-12-7-3-1-4-8-12;1-11(2,3)16-10(15)14-7-5-4-6-8(14)9(12)13/h1-10,14H,11H2,(H,17,20)(H,18,19);8H,4-7H2,1-3H3,(H3,12,13). The molecule has 0 aliphatic carbocycles. The minimum absolute atomic E-state index is 0.0468. The molecule has 2 aromatic carbocycles. The van der Waals surface area contributed by atoms with Crippen LogP contribution in [0.4, 0.5) is 9.59 Å². The maximum atomic E-state index is 11.9. The molecule has 10 heteroatoms. The van der Waals surface area contributed by atoms with E-state index in [0.717, 1.165) is 24.8 Å².